The molecule has 72 valence electrons. The molecule has 0 amide bonds. The van der Waals surface area contributed by atoms with Crippen LogP contribution >= 0.6 is 12.6 Å². The highest BCUT2D eigenvalue weighted by Crippen LogP contribution is 2.37. The first-order valence-electron chi connectivity index (χ1n) is 4.91. The topological polar surface area (TPSA) is 9.23 Å². The van der Waals surface area contributed by atoms with Crippen molar-refractivity contribution < 1.29 is 4.74 Å². The Morgan fingerprint density at radius 1 is 1.08 bits per heavy atom. The highest BCUT2D eigenvalue weighted by Gasteiger charge is 2.36. The Morgan fingerprint density at radius 2 is 1.67 bits per heavy atom. The van der Waals surface area contributed by atoms with Crippen LogP contribution in [0.15, 0.2) is 0 Å². The molecule has 1 nitrogen and oxygen atoms in total. The van der Waals surface area contributed by atoms with Crippen LogP contribution in [0.3, 0.4) is 0 Å². The number of ether oxygens (including phenoxy) is 1. The standard InChI is InChI=1S/C10H20OS/c1-5-9-7(3)6(2)8(4)10(12)11-9/h6-10,12H,5H2,1-4H3. The van der Waals surface area contributed by atoms with Gasteiger partial charge in [0.2, 0.25) is 0 Å². The molecule has 1 saturated heterocycles. The Balaban J connectivity index is 2.63. The highest BCUT2D eigenvalue weighted by molar-refractivity contribution is 7.80. The van der Waals surface area contributed by atoms with E-state index in [0.717, 1.165) is 12.3 Å². The zero-order chi connectivity index (χ0) is 9.30. The summed E-state index contributed by atoms with van der Waals surface area (Å²) in [6.45, 7) is 9.01. The van der Waals surface area contributed by atoms with Crippen LogP contribution in [-0.4, -0.2) is 11.5 Å². The van der Waals surface area contributed by atoms with E-state index in [4.69, 9.17) is 4.74 Å². The van der Waals surface area contributed by atoms with Gasteiger partial charge in [-0.15, -0.1) is 12.6 Å². The quantitative estimate of drug-likeness (QED) is 0.622. The predicted octanol–water partition coefficient (Wildman–Crippen LogP) is 2.96. The lowest BCUT2D eigenvalue weighted by atomic mass is 9.79. The van der Waals surface area contributed by atoms with Gasteiger partial charge < -0.3 is 4.74 Å². The van der Waals surface area contributed by atoms with E-state index in [-0.39, 0.29) is 5.44 Å². The average molecular weight is 188 g/mol. The number of thiol groups is 1. The molecule has 0 aliphatic carbocycles. The number of hydrogen-bond donors (Lipinski definition) is 1. The molecule has 5 unspecified atom stereocenters. The minimum atomic E-state index is 0.140. The van der Waals surface area contributed by atoms with E-state index < -0.39 is 0 Å². The number of rotatable bonds is 1. The summed E-state index contributed by atoms with van der Waals surface area (Å²) in [7, 11) is 0. The van der Waals surface area contributed by atoms with Crippen LogP contribution in [0, 0.1) is 17.8 Å². The van der Waals surface area contributed by atoms with Gasteiger partial charge in [-0.25, -0.2) is 0 Å². The molecular formula is C10H20OS. The summed E-state index contributed by atoms with van der Waals surface area (Å²) in [5, 5.41) is 0. The third-order valence-electron chi connectivity index (χ3n) is 3.41. The van der Waals surface area contributed by atoms with Gasteiger partial charge in [-0.05, 0) is 24.2 Å². The smallest absolute Gasteiger partial charge is 0.103 e. The molecular weight excluding hydrogens is 168 g/mol. The maximum atomic E-state index is 5.79. The van der Waals surface area contributed by atoms with Crippen molar-refractivity contribution in [1.82, 2.24) is 0 Å². The van der Waals surface area contributed by atoms with Crippen LogP contribution in [0.25, 0.3) is 0 Å². The summed E-state index contributed by atoms with van der Waals surface area (Å²) in [4.78, 5) is 0. The molecule has 0 bridgehead atoms. The first-order chi connectivity index (χ1) is 5.57. The van der Waals surface area contributed by atoms with E-state index in [2.05, 4.69) is 40.3 Å². The molecule has 0 spiro atoms. The van der Waals surface area contributed by atoms with E-state index in [1.165, 1.54) is 0 Å². The first-order valence-corrected chi connectivity index (χ1v) is 5.43. The summed E-state index contributed by atoms with van der Waals surface area (Å²) in [6, 6.07) is 0. The first kappa shape index (κ1) is 10.4. The summed E-state index contributed by atoms with van der Waals surface area (Å²) in [5.74, 6) is 1.98. The normalized spacial score (nSPS) is 49.2. The van der Waals surface area contributed by atoms with Crippen molar-refractivity contribution in [1.29, 1.82) is 0 Å². The van der Waals surface area contributed by atoms with Crippen molar-refractivity contribution in [3.8, 4) is 0 Å². The van der Waals surface area contributed by atoms with Gasteiger partial charge in [0.1, 0.15) is 5.44 Å². The van der Waals surface area contributed by atoms with Gasteiger partial charge in [0.15, 0.2) is 0 Å². The van der Waals surface area contributed by atoms with Crippen LogP contribution in [0.4, 0.5) is 0 Å². The maximum Gasteiger partial charge on any atom is 0.103 e. The minimum absolute atomic E-state index is 0.140. The molecule has 1 heterocycles. The molecule has 0 aromatic carbocycles. The Hall–Kier alpha value is 0.310. The summed E-state index contributed by atoms with van der Waals surface area (Å²) < 4.78 is 5.79. The Kier molecular flexibility index (Phi) is 3.47. The Labute approximate surface area is 81.3 Å². The minimum Gasteiger partial charge on any atom is -0.364 e. The molecule has 12 heavy (non-hydrogen) atoms. The van der Waals surface area contributed by atoms with Crippen LogP contribution in [-0.2, 0) is 4.74 Å². The second-order valence-electron chi connectivity index (χ2n) is 4.05. The van der Waals surface area contributed by atoms with Crippen molar-refractivity contribution in [3.63, 3.8) is 0 Å². The molecule has 1 fully saturated rings. The van der Waals surface area contributed by atoms with E-state index in [9.17, 15) is 0 Å². The Morgan fingerprint density at radius 3 is 2.17 bits per heavy atom. The van der Waals surface area contributed by atoms with Crippen molar-refractivity contribution in [2.75, 3.05) is 0 Å². The van der Waals surface area contributed by atoms with Crippen LogP contribution in [0.5, 0.6) is 0 Å². The monoisotopic (exact) mass is 188 g/mol. The third kappa shape index (κ3) is 1.80. The average Bonchev–Trinajstić information content (AvgIpc) is 2.08. The van der Waals surface area contributed by atoms with Gasteiger partial charge in [-0.3, -0.25) is 0 Å². The molecule has 1 aliphatic heterocycles. The molecule has 1 aliphatic rings. The second-order valence-corrected chi connectivity index (χ2v) is 4.56. The summed E-state index contributed by atoms with van der Waals surface area (Å²) in [6.07, 6.45) is 1.52. The van der Waals surface area contributed by atoms with Crippen molar-refractivity contribution in [2.45, 2.75) is 45.7 Å². The molecule has 0 N–H and O–H groups in total. The van der Waals surface area contributed by atoms with Gasteiger partial charge in [-0.2, -0.15) is 0 Å². The fraction of sp³-hybridized carbons (Fsp3) is 1.00. The third-order valence-corrected chi connectivity index (χ3v) is 4.00. The van der Waals surface area contributed by atoms with Crippen LogP contribution < -0.4 is 0 Å². The second kappa shape index (κ2) is 4.01. The lowest BCUT2D eigenvalue weighted by molar-refractivity contribution is -0.0936. The zero-order valence-electron chi connectivity index (χ0n) is 8.45. The van der Waals surface area contributed by atoms with Crippen LogP contribution in [0.2, 0.25) is 0 Å². The molecule has 0 saturated carbocycles. The van der Waals surface area contributed by atoms with Gasteiger partial charge in [0.25, 0.3) is 0 Å². The molecule has 0 aromatic heterocycles. The largest absolute Gasteiger partial charge is 0.364 e. The Bertz CT molecular complexity index is 144. The van der Waals surface area contributed by atoms with Gasteiger partial charge in [0, 0.05) is 0 Å². The van der Waals surface area contributed by atoms with Crippen molar-refractivity contribution >= 4 is 12.6 Å². The van der Waals surface area contributed by atoms with Gasteiger partial charge in [-0.1, -0.05) is 27.7 Å². The van der Waals surface area contributed by atoms with E-state index in [0.29, 0.717) is 17.9 Å². The SMILES string of the molecule is CCC1OC(S)C(C)C(C)C1C. The van der Waals surface area contributed by atoms with Crippen LogP contribution in [0.1, 0.15) is 34.1 Å². The van der Waals surface area contributed by atoms with E-state index in [1.807, 2.05) is 0 Å². The van der Waals surface area contributed by atoms with Crippen molar-refractivity contribution in [3.05, 3.63) is 0 Å². The lowest BCUT2D eigenvalue weighted by Crippen LogP contribution is -2.42. The van der Waals surface area contributed by atoms with Crippen molar-refractivity contribution in [2.24, 2.45) is 17.8 Å². The molecule has 0 aromatic rings. The highest BCUT2D eigenvalue weighted by atomic mass is 32.1. The fourth-order valence-electron chi connectivity index (χ4n) is 1.97. The molecule has 1 rings (SSSR count). The molecule has 0 radical (unpaired) electrons. The maximum absolute atomic E-state index is 5.79. The van der Waals surface area contributed by atoms with E-state index in [1.54, 1.807) is 0 Å². The van der Waals surface area contributed by atoms with Gasteiger partial charge in [0.05, 0.1) is 6.10 Å². The molecule has 5 atom stereocenters. The lowest BCUT2D eigenvalue weighted by Gasteiger charge is -2.41. The molecule has 2 heteroatoms. The fourth-order valence-corrected chi connectivity index (χ4v) is 2.40. The zero-order valence-corrected chi connectivity index (χ0v) is 9.34. The van der Waals surface area contributed by atoms with Gasteiger partial charge >= 0.3 is 0 Å². The summed E-state index contributed by atoms with van der Waals surface area (Å²) >= 11 is 4.45. The summed E-state index contributed by atoms with van der Waals surface area (Å²) in [5.41, 5.74) is 0.140. The predicted molar refractivity (Wildman–Crippen MR) is 55.4 cm³/mol. The van der Waals surface area contributed by atoms with E-state index >= 15 is 0 Å². The number of hydrogen-bond acceptors (Lipinski definition) is 2.